The van der Waals surface area contributed by atoms with E-state index >= 15 is 0 Å². The average Bonchev–Trinajstić information content (AvgIpc) is 2.69. The highest BCUT2D eigenvalue weighted by Crippen LogP contribution is 2.29. The Morgan fingerprint density at radius 2 is 1.89 bits per heavy atom. The highest BCUT2D eigenvalue weighted by Gasteiger charge is 2.29. The van der Waals surface area contributed by atoms with Crippen LogP contribution in [0.25, 0.3) is 0 Å². The Kier molecular flexibility index (Phi) is 6.26. The zero-order chi connectivity index (χ0) is 19.9. The summed E-state index contributed by atoms with van der Waals surface area (Å²) in [5.74, 6) is -0.583. The molecular formula is C21H22N2O5. The van der Waals surface area contributed by atoms with Crippen LogP contribution in [0.15, 0.2) is 48.5 Å². The number of anilines is 2. The second-order valence-corrected chi connectivity index (χ2v) is 6.41. The fourth-order valence-corrected chi connectivity index (χ4v) is 2.69. The summed E-state index contributed by atoms with van der Waals surface area (Å²) in [5.41, 5.74) is 1.53. The second-order valence-electron chi connectivity index (χ2n) is 6.41. The summed E-state index contributed by atoms with van der Waals surface area (Å²) < 4.78 is 10.8. The lowest BCUT2D eigenvalue weighted by Crippen LogP contribution is -2.39. The monoisotopic (exact) mass is 382 g/mol. The molecule has 1 aliphatic rings. The normalized spacial score (nSPS) is 15.0. The first-order chi connectivity index (χ1) is 13.6. The molecule has 146 valence electrons. The molecule has 0 aromatic heterocycles. The van der Waals surface area contributed by atoms with Gasteiger partial charge < -0.3 is 20.1 Å². The molecule has 0 fully saturated rings. The van der Waals surface area contributed by atoms with Crippen molar-refractivity contribution < 1.29 is 23.9 Å². The Hall–Kier alpha value is -3.35. The Labute approximate surface area is 163 Å². The largest absolute Gasteiger partial charge is 0.478 e. The third kappa shape index (κ3) is 4.88. The van der Waals surface area contributed by atoms with Gasteiger partial charge in [0.25, 0.3) is 5.91 Å². The lowest BCUT2D eigenvalue weighted by molar-refractivity contribution is -0.128. The van der Waals surface area contributed by atoms with E-state index in [0.717, 1.165) is 12.8 Å². The molecule has 0 unspecified atom stereocenters. The Morgan fingerprint density at radius 1 is 1.14 bits per heavy atom. The van der Waals surface area contributed by atoms with Gasteiger partial charge in [-0.25, -0.2) is 4.79 Å². The SMILES string of the molecule is CCCCOC(=O)c1ccc(NC(=O)C[C@@H]2Oc3ccccc3NC2=O)cc1. The smallest absolute Gasteiger partial charge is 0.338 e. The maximum Gasteiger partial charge on any atom is 0.338 e. The Morgan fingerprint density at radius 3 is 2.64 bits per heavy atom. The molecule has 2 aromatic carbocycles. The van der Waals surface area contributed by atoms with E-state index in [-0.39, 0.29) is 18.2 Å². The van der Waals surface area contributed by atoms with Gasteiger partial charge >= 0.3 is 5.97 Å². The summed E-state index contributed by atoms with van der Waals surface area (Å²) in [6, 6.07) is 13.5. The van der Waals surface area contributed by atoms with Crippen LogP contribution < -0.4 is 15.4 Å². The van der Waals surface area contributed by atoms with Crippen LogP contribution in [0.2, 0.25) is 0 Å². The van der Waals surface area contributed by atoms with Gasteiger partial charge in [-0.05, 0) is 42.8 Å². The second kappa shape index (κ2) is 9.03. The zero-order valence-electron chi connectivity index (χ0n) is 15.6. The highest BCUT2D eigenvalue weighted by molar-refractivity contribution is 6.02. The fraction of sp³-hybridized carbons (Fsp3) is 0.286. The van der Waals surface area contributed by atoms with Crippen LogP contribution in [0.1, 0.15) is 36.5 Å². The number of hydrogen-bond donors (Lipinski definition) is 2. The number of esters is 1. The van der Waals surface area contributed by atoms with Crippen molar-refractivity contribution in [3.05, 3.63) is 54.1 Å². The van der Waals surface area contributed by atoms with Gasteiger partial charge in [0, 0.05) is 5.69 Å². The molecule has 2 aromatic rings. The molecule has 0 radical (unpaired) electrons. The van der Waals surface area contributed by atoms with Crippen LogP contribution in [-0.2, 0) is 14.3 Å². The maximum atomic E-state index is 12.3. The Bertz CT molecular complexity index is 863. The molecule has 28 heavy (non-hydrogen) atoms. The Balaban J connectivity index is 1.54. The van der Waals surface area contributed by atoms with E-state index in [1.165, 1.54) is 0 Å². The summed E-state index contributed by atoms with van der Waals surface area (Å²) >= 11 is 0. The van der Waals surface area contributed by atoms with Gasteiger partial charge in [-0.15, -0.1) is 0 Å². The standard InChI is InChI=1S/C21H22N2O5/c1-2-3-12-27-21(26)14-8-10-15(11-9-14)22-19(24)13-18-20(25)23-16-6-4-5-7-17(16)28-18/h4-11,18H,2-3,12-13H2,1H3,(H,22,24)(H,23,25)/t18-/m0/s1. The van der Waals surface area contributed by atoms with E-state index in [2.05, 4.69) is 10.6 Å². The van der Waals surface area contributed by atoms with Crippen molar-refractivity contribution >= 4 is 29.2 Å². The number of ether oxygens (including phenoxy) is 2. The van der Waals surface area contributed by atoms with E-state index in [0.29, 0.717) is 29.3 Å². The van der Waals surface area contributed by atoms with Crippen molar-refractivity contribution in [3.8, 4) is 5.75 Å². The third-order valence-electron chi connectivity index (χ3n) is 4.21. The van der Waals surface area contributed by atoms with Gasteiger partial charge in [-0.1, -0.05) is 25.5 Å². The number of unbranched alkanes of at least 4 members (excludes halogenated alkanes) is 1. The van der Waals surface area contributed by atoms with Crippen molar-refractivity contribution in [2.45, 2.75) is 32.3 Å². The van der Waals surface area contributed by atoms with Gasteiger partial charge in [0.15, 0.2) is 6.10 Å². The predicted octanol–water partition coefficient (Wildman–Crippen LogP) is 3.37. The number of fused-ring (bicyclic) bond motifs is 1. The number of carbonyl (C=O) groups is 3. The number of carbonyl (C=O) groups excluding carboxylic acids is 3. The van der Waals surface area contributed by atoms with Gasteiger partial charge in [0.2, 0.25) is 5.91 Å². The molecule has 7 nitrogen and oxygen atoms in total. The van der Waals surface area contributed by atoms with Gasteiger partial charge in [-0.3, -0.25) is 9.59 Å². The molecular weight excluding hydrogens is 360 g/mol. The maximum absolute atomic E-state index is 12.3. The number of hydrogen-bond acceptors (Lipinski definition) is 5. The van der Waals surface area contributed by atoms with E-state index < -0.39 is 12.1 Å². The van der Waals surface area contributed by atoms with E-state index in [1.807, 2.05) is 6.92 Å². The van der Waals surface area contributed by atoms with Crippen molar-refractivity contribution in [1.82, 2.24) is 0 Å². The van der Waals surface area contributed by atoms with Crippen molar-refractivity contribution in [3.63, 3.8) is 0 Å². The van der Waals surface area contributed by atoms with Gasteiger partial charge in [-0.2, -0.15) is 0 Å². The highest BCUT2D eigenvalue weighted by atomic mass is 16.5. The van der Waals surface area contributed by atoms with Crippen LogP contribution in [0.5, 0.6) is 5.75 Å². The summed E-state index contributed by atoms with van der Waals surface area (Å²) in [4.78, 5) is 36.3. The molecule has 1 atom stereocenters. The zero-order valence-corrected chi connectivity index (χ0v) is 15.6. The van der Waals surface area contributed by atoms with Crippen LogP contribution >= 0.6 is 0 Å². The number of para-hydroxylation sites is 2. The number of benzene rings is 2. The quantitative estimate of drug-likeness (QED) is 0.566. The molecule has 0 aliphatic carbocycles. The molecule has 0 spiro atoms. The third-order valence-corrected chi connectivity index (χ3v) is 4.21. The van der Waals surface area contributed by atoms with E-state index in [4.69, 9.17) is 9.47 Å². The van der Waals surface area contributed by atoms with Crippen LogP contribution in [0.3, 0.4) is 0 Å². The molecule has 0 saturated heterocycles. The first-order valence-electron chi connectivity index (χ1n) is 9.20. The summed E-state index contributed by atoms with van der Waals surface area (Å²) in [6.07, 6.45) is 0.747. The van der Waals surface area contributed by atoms with Crippen LogP contribution in [0.4, 0.5) is 11.4 Å². The van der Waals surface area contributed by atoms with Crippen LogP contribution in [0, 0.1) is 0 Å². The number of amides is 2. The molecule has 2 N–H and O–H groups in total. The predicted molar refractivity (Wildman–Crippen MR) is 104 cm³/mol. The molecule has 1 aliphatic heterocycles. The minimum Gasteiger partial charge on any atom is -0.478 e. The lowest BCUT2D eigenvalue weighted by Gasteiger charge is -2.25. The lowest BCUT2D eigenvalue weighted by atomic mass is 10.1. The van der Waals surface area contributed by atoms with E-state index in [1.54, 1.807) is 48.5 Å². The fourth-order valence-electron chi connectivity index (χ4n) is 2.69. The van der Waals surface area contributed by atoms with Crippen LogP contribution in [-0.4, -0.2) is 30.5 Å². The average molecular weight is 382 g/mol. The number of rotatable bonds is 7. The number of nitrogens with one attached hydrogen (secondary N) is 2. The van der Waals surface area contributed by atoms with Crippen molar-refractivity contribution in [2.75, 3.05) is 17.2 Å². The van der Waals surface area contributed by atoms with Gasteiger partial charge in [0.05, 0.1) is 24.3 Å². The molecule has 7 heteroatoms. The summed E-state index contributed by atoms with van der Waals surface area (Å²) in [5, 5.41) is 5.43. The molecule has 3 rings (SSSR count). The summed E-state index contributed by atoms with van der Waals surface area (Å²) in [6.45, 7) is 2.41. The van der Waals surface area contributed by atoms with Crippen molar-refractivity contribution in [2.24, 2.45) is 0 Å². The minimum atomic E-state index is -0.900. The topological polar surface area (TPSA) is 93.7 Å². The molecule has 2 amide bonds. The molecule has 1 heterocycles. The van der Waals surface area contributed by atoms with Gasteiger partial charge in [0.1, 0.15) is 5.75 Å². The molecule has 0 bridgehead atoms. The summed E-state index contributed by atoms with van der Waals surface area (Å²) in [7, 11) is 0. The first-order valence-corrected chi connectivity index (χ1v) is 9.20. The molecule has 0 saturated carbocycles. The minimum absolute atomic E-state index is 0.124. The van der Waals surface area contributed by atoms with E-state index in [9.17, 15) is 14.4 Å². The van der Waals surface area contributed by atoms with Crippen molar-refractivity contribution in [1.29, 1.82) is 0 Å². The first kappa shape index (κ1) is 19.4.